The van der Waals surface area contributed by atoms with Gasteiger partial charge in [-0.3, -0.25) is 4.79 Å². The molecule has 1 heterocycles. The van der Waals surface area contributed by atoms with Crippen LogP contribution in [0.5, 0.6) is 0 Å². The van der Waals surface area contributed by atoms with E-state index in [4.69, 9.17) is 10.5 Å². The van der Waals surface area contributed by atoms with Crippen molar-refractivity contribution in [2.24, 2.45) is 5.92 Å². The van der Waals surface area contributed by atoms with Gasteiger partial charge in [-0.05, 0) is 50.3 Å². The number of carbonyl (C=O) groups excluding carboxylic acids is 1. The number of anilines is 1. The zero-order valence-corrected chi connectivity index (χ0v) is 11.6. The number of amides is 1. The lowest BCUT2D eigenvalue weighted by Crippen LogP contribution is -2.40. The van der Waals surface area contributed by atoms with E-state index in [1.807, 2.05) is 25.1 Å². The van der Waals surface area contributed by atoms with Crippen molar-refractivity contribution < 1.29 is 9.53 Å². The van der Waals surface area contributed by atoms with Gasteiger partial charge >= 0.3 is 0 Å². The molecular weight excluding hydrogens is 240 g/mol. The second kappa shape index (κ2) is 6.06. The summed E-state index contributed by atoms with van der Waals surface area (Å²) < 4.78 is 5.35. The molecule has 0 aliphatic carbocycles. The Hall–Kier alpha value is -1.55. The average Bonchev–Trinajstić information content (AvgIpc) is 2.42. The second-order valence-electron chi connectivity index (χ2n) is 5.23. The molecule has 0 bridgehead atoms. The van der Waals surface area contributed by atoms with E-state index < -0.39 is 0 Å². The first-order valence-corrected chi connectivity index (χ1v) is 6.83. The maximum Gasteiger partial charge on any atom is 0.251 e. The Morgan fingerprint density at radius 2 is 2.11 bits per heavy atom. The smallest absolute Gasteiger partial charge is 0.251 e. The van der Waals surface area contributed by atoms with Crippen LogP contribution >= 0.6 is 0 Å². The molecular formula is C15H22N2O2. The number of hydrogen-bond donors (Lipinski definition) is 2. The molecule has 1 saturated heterocycles. The minimum absolute atomic E-state index is 0.0382. The SMILES string of the molecule is Cc1c(N)cccc1C(=O)NC(C)C1CCOCC1. The fourth-order valence-corrected chi connectivity index (χ4v) is 2.52. The van der Waals surface area contributed by atoms with Gasteiger partial charge in [0.05, 0.1) is 0 Å². The molecule has 1 aliphatic rings. The number of ether oxygens (including phenoxy) is 1. The number of nitrogens with two attached hydrogens (primary N) is 1. The Kier molecular flexibility index (Phi) is 4.43. The Labute approximate surface area is 114 Å². The van der Waals surface area contributed by atoms with Crippen LogP contribution in [0, 0.1) is 12.8 Å². The Morgan fingerprint density at radius 3 is 2.79 bits per heavy atom. The van der Waals surface area contributed by atoms with Crippen LogP contribution in [0.3, 0.4) is 0 Å². The molecule has 1 unspecified atom stereocenters. The highest BCUT2D eigenvalue weighted by atomic mass is 16.5. The average molecular weight is 262 g/mol. The molecule has 1 aliphatic heterocycles. The van der Waals surface area contributed by atoms with E-state index in [9.17, 15) is 4.79 Å². The van der Waals surface area contributed by atoms with E-state index in [-0.39, 0.29) is 11.9 Å². The molecule has 1 aromatic rings. The fraction of sp³-hybridized carbons (Fsp3) is 0.533. The molecule has 0 aromatic heterocycles. The van der Waals surface area contributed by atoms with Gasteiger partial charge < -0.3 is 15.8 Å². The van der Waals surface area contributed by atoms with Gasteiger partial charge in [0.2, 0.25) is 0 Å². The molecule has 3 N–H and O–H groups in total. The number of nitrogens with one attached hydrogen (secondary N) is 1. The monoisotopic (exact) mass is 262 g/mol. The topological polar surface area (TPSA) is 64.4 Å². The summed E-state index contributed by atoms with van der Waals surface area (Å²) in [6.07, 6.45) is 2.02. The molecule has 1 fully saturated rings. The predicted octanol–water partition coefficient (Wildman–Crippen LogP) is 2.12. The van der Waals surface area contributed by atoms with Crippen molar-refractivity contribution in [3.8, 4) is 0 Å². The molecule has 0 radical (unpaired) electrons. The first kappa shape index (κ1) is 13.9. The third-order valence-corrected chi connectivity index (χ3v) is 3.95. The molecule has 0 saturated carbocycles. The summed E-state index contributed by atoms with van der Waals surface area (Å²) in [5, 5.41) is 3.08. The third kappa shape index (κ3) is 3.26. The second-order valence-corrected chi connectivity index (χ2v) is 5.23. The van der Waals surface area contributed by atoms with Gasteiger partial charge in [-0.25, -0.2) is 0 Å². The number of rotatable bonds is 3. The van der Waals surface area contributed by atoms with E-state index in [0.717, 1.165) is 31.6 Å². The molecule has 1 amide bonds. The Balaban J connectivity index is 2.02. The lowest BCUT2D eigenvalue weighted by atomic mass is 9.92. The highest BCUT2D eigenvalue weighted by Gasteiger charge is 2.22. The molecule has 1 atom stereocenters. The lowest BCUT2D eigenvalue weighted by Gasteiger charge is -2.28. The molecule has 4 heteroatoms. The van der Waals surface area contributed by atoms with Crippen LogP contribution < -0.4 is 11.1 Å². The van der Waals surface area contributed by atoms with Gasteiger partial charge in [-0.1, -0.05) is 6.07 Å². The van der Waals surface area contributed by atoms with Gasteiger partial charge in [-0.15, -0.1) is 0 Å². The number of carbonyl (C=O) groups is 1. The maximum absolute atomic E-state index is 12.3. The van der Waals surface area contributed by atoms with Crippen LogP contribution in [0.15, 0.2) is 18.2 Å². The fourth-order valence-electron chi connectivity index (χ4n) is 2.52. The molecule has 19 heavy (non-hydrogen) atoms. The lowest BCUT2D eigenvalue weighted by molar-refractivity contribution is 0.0538. The highest BCUT2D eigenvalue weighted by molar-refractivity contribution is 5.97. The first-order chi connectivity index (χ1) is 9.09. The quantitative estimate of drug-likeness (QED) is 0.820. The summed E-state index contributed by atoms with van der Waals surface area (Å²) in [6.45, 7) is 5.53. The Bertz CT molecular complexity index is 453. The molecule has 2 rings (SSSR count). The molecule has 0 spiro atoms. The van der Waals surface area contributed by atoms with Crippen molar-refractivity contribution in [2.75, 3.05) is 18.9 Å². The normalized spacial score (nSPS) is 18.0. The van der Waals surface area contributed by atoms with E-state index >= 15 is 0 Å². The van der Waals surface area contributed by atoms with Crippen molar-refractivity contribution in [3.63, 3.8) is 0 Å². The first-order valence-electron chi connectivity index (χ1n) is 6.83. The standard InChI is InChI=1S/C15H22N2O2/c1-10-13(4-3-5-14(10)16)15(18)17-11(2)12-6-8-19-9-7-12/h3-5,11-12H,6-9,16H2,1-2H3,(H,17,18). The van der Waals surface area contributed by atoms with Gasteiger partial charge in [-0.2, -0.15) is 0 Å². The van der Waals surface area contributed by atoms with Crippen molar-refractivity contribution in [1.82, 2.24) is 5.32 Å². The van der Waals surface area contributed by atoms with Crippen LogP contribution in [-0.2, 0) is 4.74 Å². The van der Waals surface area contributed by atoms with Crippen molar-refractivity contribution in [1.29, 1.82) is 0 Å². The Morgan fingerprint density at radius 1 is 1.42 bits per heavy atom. The van der Waals surface area contributed by atoms with Gasteiger partial charge in [0.25, 0.3) is 5.91 Å². The van der Waals surface area contributed by atoms with Crippen molar-refractivity contribution >= 4 is 11.6 Å². The summed E-state index contributed by atoms with van der Waals surface area (Å²) in [7, 11) is 0. The largest absolute Gasteiger partial charge is 0.398 e. The van der Waals surface area contributed by atoms with Crippen LogP contribution in [-0.4, -0.2) is 25.2 Å². The van der Waals surface area contributed by atoms with Crippen molar-refractivity contribution in [2.45, 2.75) is 32.7 Å². The summed E-state index contributed by atoms with van der Waals surface area (Å²) in [5.41, 5.74) is 8.01. The van der Waals surface area contributed by atoms with E-state index in [1.165, 1.54) is 0 Å². The van der Waals surface area contributed by atoms with Crippen LogP contribution in [0.2, 0.25) is 0 Å². The minimum atomic E-state index is -0.0382. The summed E-state index contributed by atoms with van der Waals surface area (Å²) >= 11 is 0. The summed E-state index contributed by atoms with van der Waals surface area (Å²) in [4.78, 5) is 12.3. The van der Waals surface area contributed by atoms with E-state index in [2.05, 4.69) is 12.2 Å². The van der Waals surface area contributed by atoms with E-state index in [0.29, 0.717) is 17.2 Å². The van der Waals surface area contributed by atoms with Crippen LogP contribution in [0.25, 0.3) is 0 Å². The number of nitrogen functional groups attached to an aromatic ring is 1. The highest BCUT2D eigenvalue weighted by Crippen LogP contribution is 2.20. The van der Waals surface area contributed by atoms with Gasteiger partial charge in [0.1, 0.15) is 0 Å². The predicted molar refractivity (Wildman–Crippen MR) is 76.1 cm³/mol. The minimum Gasteiger partial charge on any atom is -0.398 e. The van der Waals surface area contributed by atoms with Gasteiger partial charge in [0.15, 0.2) is 0 Å². The van der Waals surface area contributed by atoms with Crippen LogP contribution in [0.4, 0.5) is 5.69 Å². The molecule has 4 nitrogen and oxygen atoms in total. The third-order valence-electron chi connectivity index (χ3n) is 3.95. The number of benzene rings is 1. The molecule has 104 valence electrons. The summed E-state index contributed by atoms with van der Waals surface area (Å²) in [6, 6.07) is 5.61. The van der Waals surface area contributed by atoms with Crippen LogP contribution in [0.1, 0.15) is 35.7 Å². The molecule has 1 aromatic carbocycles. The summed E-state index contributed by atoms with van der Waals surface area (Å²) in [5.74, 6) is 0.461. The van der Waals surface area contributed by atoms with Crippen molar-refractivity contribution in [3.05, 3.63) is 29.3 Å². The van der Waals surface area contributed by atoms with E-state index in [1.54, 1.807) is 0 Å². The zero-order valence-electron chi connectivity index (χ0n) is 11.6. The number of hydrogen-bond acceptors (Lipinski definition) is 3. The maximum atomic E-state index is 12.3. The van der Waals surface area contributed by atoms with Gasteiger partial charge in [0, 0.05) is 30.5 Å². The zero-order chi connectivity index (χ0) is 13.8.